The van der Waals surface area contributed by atoms with Gasteiger partial charge in [-0.2, -0.15) is 0 Å². The van der Waals surface area contributed by atoms with E-state index in [1.165, 1.54) is 51.4 Å². The maximum absolute atomic E-state index is 8.77. The molecule has 0 aliphatic heterocycles. The van der Waals surface area contributed by atoms with E-state index in [9.17, 15) is 0 Å². The predicted octanol–water partition coefficient (Wildman–Crippen LogP) is 3.51. The number of aliphatic hydroxyl groups is 2. The van der Waals surface area contributed by atoms with Gasteiger partial charge < -0.3 is 10.2 Å². The topological polar surface area (TPSA) is 40.5 Å². The molecule has 0 saturated carbocycles. The molecule has 0 fully saturated rings. The highest BCUT2D eigenvalue weighted by Gasteiger charge is 2.07. The standard InChI is InChI=1S/C14H30O2/c1-2-3-9-14(11-6-8-13-16)10-5-4-7-12-15/h14-16H,2-13H2,1H3. The molecular formula is C14H30O2. The van der Waals surface area contributed by atoms with Crippen LogP contribution in [0, 0.1) is 5.92 Å². The SMILES string of the molecule is CCCCC(CCCCO)CCCCCO. The van der Waals surface area contributed by atoms with Gasteiger partial charge in [0, 0.05) is 13.2 Å². The molecule has 0 aromatic carbocycles. The van der Waals surface area contributed by atoms with Gasteiger partial charge in [0.2, 0.25) is 0 Å². The summed E-state index contributed by atoms with van der Waals surface area (Å²) in [6.07, 6.45) is 12.1. The van der Waals surface area contributed by atoms with Crippen molar-refractivity contribution in [3.63, 3.8) is 0 Å². The summed E-state index contributed by atoms with van der Waals surface area (Å²) in [5, 5.41) is 17.5. The van der Waals surface area contributed by atoms with Gasteiger partial charge >= 0.3 is 0 Å². The normalized spacial score (nSPS) is 12.9. The zero-order chi connectivity index (χ0) is 12.1. The van der Waals surface area contributed by atoms with Crippen LogP contribution in [0.4, 0.5) is 0 Å². The van der Waals surface area contributed by atoms with Gasteiger partial charge in [0.25, 0.3) is 0 Å². The van der Waals surface area contributed by atoms with E-state index in [0.29, 0.717) is 13.2 Å². The molecule has 0 radical (unpaired) electrons. The number of unbranched alkanes of at least 4 members (excludes halogenated alkanes) is 4. The molecule has 1 atom stereocenters. The molecule has 1 unspecified atom stereocenters. The molecule has 0 aromatic rings. The Labute approximate surface area is 101 Å². The first-order valence-electron chi connectivity index (χ1n) is 7.06. The summed E-state index contributed by atoms with van der Waals surface area (Å²) in [7, 11) is 0. The Morgan fingerprint density at radius 1 is 0.688 bits per heavy atom. The zero-order valence-electron chi connectivity index (χ0n) is 11.0. The monoisotopic (exact) mass is 230 g/mol. The van der Waals surface area contributed by atoms with Crippen LogP contribution < -0.4 is 0 Å². The van der Waals surface area contributed by atoms with Crippen molar-refractivity contribution in [2.75, 3.05) is 13.2 Å². The van der Waals surface area contributed by atoms with Crippen molar-refractivity contribution in [1.29, 1.82) is 0 Å². The minimum atomic E-state index is 0.337. The third kappa shape index (κ3) is 10.4. The van der Waals surface area contributed by atoms with Gasteiger partial charge in [-0.3, -0.25) is 0 Å². The van der Waals surface area contributed by atoms with Crippen LogP contribution in [0.1, 0.15) is 71.1 Å². The molecule has 0 rings (SSSR count). The lowest BCUT2D eigenvalue weighted by molar-refractivity contribution is 0.268. The van der Waals surface area contributed by atoms with Crippen LogP contribution in [-0.4, -0.2) is 23.4 Å². The van der Waals surface area contributed by atoms with Crippen molar-refractivity contribution >= 4 is 0 Å². The molecule has 0 bridgehead atoms. The summed E-state index contributed by atoms with van der Waals surface area (Å²) in [5.41, 5.74) is 0. The van der Waals surface area contributed by atoms with E-state index in [1.807, 2.05) is 0 Å². The number of hydrogen-bond acceptors (Lipinski definition) is 2. The van der Waals surface area contributed by atoms with E-state index in [4.69, 9.17) is 10.2 Å². The molecule has 98 valence electrons. The van der Waals surface area contributed by atoms with Gasteiger partial charge in [0.1, 0.15) is 0 Å². The van der Waals surface area contributed by atoms with Crippen LogP contribution in [0.2, 0.25) is 0 Å². The minimum Gasteiger partial charge on any atom is -0.396 e. The van der Waals surface area contributed by atoms with E-state index in [-0.39, 0.29) is 0 Å². The fourth-order valence-corrected chi connectivity index (χ4v) is 2.19. The van der Waals surface area contributed by atoms with E-state index in [0.717, 1.165) is 18.8 Å². The third-order valence-electron chi connectivity index (χ3n) is 3.26. The van der Waals surface area contributed by atoms with Crippen LogP contribution >= 0.6 is 0 Å². The summed E-state index contributed by atoms with van der Waals surface area (Å²) in [6, 6.07) is 0. The lowest BCUT2D eigenvalue weighted by atomic mass is 9.91. The fourth-order valence-electron chi connectivity index (χ4n) is 2.19. The van der Waals surface area contributed by atoms with Crippen molar-refractivity contribution < 1.29 is 10.2 Å². The Balaban J connectivity index is 3.54. The van der Waals surface area contributed by atoms with Gasteiger partial charge in [-0.15, -0.1) is 0 Å². The van der Waals surface area contributed by atoms with E-state index in [1.54, 1.807) is 0 Å². The second kappa shape index (κ2) is 13.0. The Morgan fingerprint density at radius 2 is 1.19 bits per heavy atom. The molecule has 0 amide bonds. The minimum absolute atomic E-state index is 0.337. The lowest BCUT2D eigenvalue weighted by Crippen LogP contribution is -2.02. The first kappa shape index (κ1) is 15.9. The summed E-state index contributed by atoms with van der Waals surface area (Å²) < 4.78 is 0. The Hall–Kier alpha value is -0.0800. The molecule has 0 spiro atoms. The van der Waals surface area contributed by atoms with Gasteiger partial charge in [0.15, 0.2) is 0 Å². The highest BCUT2D eigenvalue weighted by Crippen LogP contribution is 2.22. The lowest BCUT2D eigenvalue weighted by Gasteiger charge is -2.16. The second-order valence-corrected chi connectivity index (χ2v) is 4.80. The summed E-state index contributed by atoms with van der Waals surface area (Å²) in [4.78, 5) is 0. The van der Waals surface area contributed by atoms with Crippen LogP contribution in [0.15, 0.2) is 0 Å². The van der Waals surface area contributed by atoms with Crippen LogP contribution in [0.3, 0.4) is 0 Å². The second-order valence-electron chi connectivity index (χ2n) is 4.80. The molecule has 0 aliphatic carbocycles. The number of hydrogen-bond donors (Lipinski definition) is 2. The molecule has 2 heteroatoms. The van der Waals surface area contributed by atoms with Gasteiger partial charge in [-0.05, 0) is 18.8 Å². The Morgan fingerprint density at radius 3 is 1.75 bits per heavy atom. The summed E-state index contributed by atoms with van der Waals surface area (Å²) in [6.45, 7) is 2.92. The number of rotatable bonds is 12. The molecule has 2 N–H and O–H groups in total. The van der Waals surface area contributed by atoms with Crippen LogP contribution in [0.5, 0.6) is 0 Å². The van der Waals surface area contributed by atoms with Gasteiger partial charge in [-0.1, -0.05) is 58.3 Å². The first-order chi connectivity index (χ1) is 7.85. The van der Waals surface area contributed by atoms with E-state index >= 15 is 0 Å². The third-order valence-corrected chi connectivity index (χ3v) is 3.26. The molecule has 0 aromatic heterocycles. The summed E-state index contributed by atoms with van der Waals surface area (Å²) in [5.74, 6) is 0.852. The van der Waals surface area contributed by atoms with Crippen molar-refractivity contribution in [3.05, 3.63) is 0 Å². The average molecular weight is 230 g/mol. The smallest absolute Gasteiger partial charge is 0.0431 e. The van der Waals surface area contributed by atoms with Crippen molar-refractivity contribution in [3.8, 4) is 0 Å². The van der Waals surface area contributed by atoms with Gasteiger partial charge in [0.05, 0.1) is 0 Å². The molecule has 2 nitrogen and oxygen atoms in total. The first-order valence-corrected chi connectivity index (χ1v) is 7.06. The quantitative estimate of drug-likeness (QED) is 0.504. The summed E-state index contributed by atoms with van der Waals surface area (Å²) >= 11 is 0. The predicted molar refractivity (Wildman–Crippen MR) is 69.5 cm³/mol. The Kier molecular flexibility index (Phi) is 12.9. The van der Waals surface area contributed by atoms with Crippen molar-refractivity contribution in [2.45, 2.75) is 71.1 Å². The van der Waals surface area contributed by atoms with Crippen LogP contribution in [0.25, 0.3) is 0 Å². The highest BCUT2D eigenvalue weighted by atomic mass is 16.3. The highest BCUT2D eigenvalue weighted by molar-refractivity contribution is 4.60. The Bertz CT molecular complexity index is 126. The van der Waals surface area contributed by atoms with Crippen LogP contribution in [-0.2, 0) is 0 Å². The number of aliphatic hydroxyl groups excluding tert-OH is 2. The van der Waals surface area contributed by atoms with E-state index < -0.39 is 0 Å². The molecule has 16 heavy (non-hydrogen) atoms. The van der Waals surface area contributed by atoms with Crippen molar-refractivity contribution in [1.82, 2.24) is 0 Å². The molecular weight excluding hydrogens is 200 g/mol. The zero-order valence-corrected chi connectivity index (χ0v) is 11.0. The molecule has 0 heterocycles. The average Bonchev–Trinajstić information content (AvgIpc) is 2.31. The van der Waals surface area contributed by atoms with E-state index in [2.05, 4.69) is 6.92 Å². The molecule has 0 aliphatic rings. The maximum Gasteiger partial charge on any atom is 0.0431 e. The molecule has 0 saturated heterocycles. The van der Waals surface area contributed by atoms with Crippen molar-refractivity contribution in [2.24, 2.45) is 5.92 Å². The maximum atomic E-state index is 8.77. The largest absolute Gasteiger partial charge is 0.396 e. The van der Waals surface area contributed by atoms with Gasteiger partial charge in [-0.25, -0.2) is 0 Å². The fraction of sp³-hybridized carbons (Fsp3) is 1.00.